The second-order valence-electron chi connectivity index (χ2n) is 7.30. The lowest BCUT2D eigenvalue weighted by Gasteiger charge is -2.47. The Morgan fingerprint density at radius 1 is 0.731 bits per heavy atom. The summed E-state index contributed by atoms with van der Waals surface area (Å²) in [6.45, 7) is 7.57. The summed E-state index contributed by atoms with van der Waals surface area (Å²) in [7, 11) is 0. The van der Waals surface area contributed by atoms with Gasteiger partial charge in [-0.2, -0.15) is 0 Å². The number of aryl methyl sites for hydroxylation is 2. The number of β-amino-alcohol motifs (C(OH)–C–C–N with tert-alkyl or cyclic N) is 2. The van der Waals surface area contributed by atoms with Gasteiger partial charge in [0.25, 0.3) is 0 Å². The predicted octanol–water partition coefficient (Wildman–Crippen LogP) is 2.69. The van der Waals surface area contributed by atoms with Crippen molar-refractivity contribution in [1.82, 2.24) is 9.80 Å². The summed E-state index contributed by atoms with van der Waals surface area (Å²) < 4.78 is 0. The van der Waals surface area contributed by atoms with Crippen molar-refractivity contribution in [3.63, 3.8) is 0 Å². The zero-order valence-electron chi connectivity index (χ0n) is 15.8. The van der Waals surface area contributed by atoms with E-state index in [1.807, 2.05) is 0 Å². The largest absolute Gasteiger partial charge is 0.395 e. The van der Waals surface area contributed by atoms with Crippen molar-refractivity contribution in [3.05, 3.63) is 70.8 Å². The van der Waals surface area contributed by atoms with Gasteiger partial charge in [-0.25, -0.2) is 0 Å². The lowest BCUT2D eigenvalue weighted by molar-refractivity contribution is 0.00437. The molecule has 1 aliphatic heterocycles. The molecular weight excluding hydrogens is 324 g/mol. The molecule has 2 N–H and O–H groups in total. The molecule has 0 saturated carbocycles. The Labute approximate surface area is 156 Å². The van der Waals surface area contributed by atoms with E-state index in [4.69, 9.17) is 0 Å². The molecular formula is C22H30N2O2. The van der Waals surface area contributed by atoms with Gasteiger partial charge in [-0.05, 0) is 25.0 Å². The van der Waals surface area contributed by atoms with Gasteiger partial charge >= 0.3 is 0 Å². The Bertz CT molecular complexity index is 629. The number of hydrogen-bond donors (Lipinski definition) is 2. The summed E-state index contributed by atoms with van der Waals surface area (Å²) in [4.78, 5) is 4.76. The second-order valence-corrected chi connectivity index (χ2v) is 7.30. The van der Waals surface area contributed by atoms with E-state index in [1.54, 1.807) is 0 Å². The molecule has 1 heterocycles. The lowest BCUT2D eigenvalue weighted by atomic mass is 9.93. The van der Waals surface area contributed by atoms with Crippen molar-refractivity contribution < 1.29 is 10.2 Å². The molecule has 4 heteroatoms. The number of aliphatic hydroxyl groups is 2. The van der Waals surface area contributed by atoms with E-state index in [0.29, 0.717) is 13.1 Å². The fourth-order valence-electron chi connectivity index (χ4n) is 3.91. The van der Waals surface area contributed by atoms with Crippen molar-refractivity contribution >= 4 is 0 Å². The quantitative estimate of drug-likeness (QED) is 0.837. The fourth-order valence-corrected chi connectivity index (χ4v) is 3.91. The maximum Gasteiger partial charge on any atom is 0.0558 e. The van der Waals surface area contributed by atoms with Gasteiger partial charge in [0, 0.05) is 38.3 Å². The Balaban J connectivity index is 1.96. The van der Waals surface area contributed by atoms with Crippen LogP contribution in [-0.2, 0) is 0 Å². The molecule has 4 nitrogen and oxygen atoms in total. The minimum absolute atomic E-state index is 0.144. The highest BCUT2D eigenvalue weighted by Crippen LogP contribution is 2.36. The van der Waals surface area contributed by atoms with Crippen molar-refractivity contribution in [1.29, 1.82) is 0 Å². The average molecular weight is 354 g/mol. The van der Waals surface area contributed by atoms with Crippen LogP contribution in [0.1, 0.15) is 34.3 Å². The van der Waals surface area contributed by atoms with Crippen LogP contribution in [0.25, 0.3) is 0 Å². The number of rotatable bonds is 6. The van der Waals surface area contributed by atoms with Crippen molar-refractivity contribution in [2.45, 2.75) is 25.9 Å². The maximum absolute atomic E-state index is 9.71. The van der Waals surface area contributed by atoms with Gasteiger partial charge in [-0.3, -0.25) is 9.80 Å². The molecule has 0 aliphatic carbocycles. The smallest absolute Gasteiger partial charge is 0.0558 e. The minimum Gasteiger partial charge on any atom is -0.395 e. The van der Waals surface area contributed by atoms with Gasteiger partial charge in [0.15, 0.2) is 0 Å². The summed E-state index contributed by atoms with van der Waals surface area (Å²) in [5.74, 6) is 0. The second kappa shape index (κ2) is 8.78. The highest BCUT2D eigenvalue weighted by Gasteiger charge is 2.35. The summed E-state index contributed by atoms with van der Waals surface area (Å²) in [5, 5.41) is 19.2. The highest BCUT2D eigenvalue weighted by atomic mass is 16.3. The molecule has 0 spiro atoms. The van der Waals surface area contributed by atoms with E-state index >= 15 is 0 Å². The van der Waals surface area contributed by atoms with Gasteiger partial charge in [0.1, 0.15) is 0 Å². The topological polar surface area (TPSA) is 46.9 Å². The molecule has 2 aromatic carbocycles. The van der Waals surface area contributed by atoms with Crippen molar-refractivity contribution in [2.24, 2.45) is 0 Å². The zero-order valence-corrected chi connectivity index (χ0v) is 15.8. The first-order valence-corrected chi connectivity index (χ1v) is 9.45. The standard InChI is InChI=1S/C22H30N2O2/c1-17-3-7-19(8-4-17)21-15-23(11-13-25)16-22(24(21)12-14-26)20-9-5-18(2)6-10-20/h3-10,21-22,25-26H,11-16H2,1-2H3. The van der Waals surface area contributed by atoms with Crippen LogP contribution in [0.2, 0.25) is 0 Å². The molecule has 0 amide bonds. The molecule has 140 valence electrons. The summed E-state index contributed by atoms with van der Waals surface area (Å²) in [6.07, 6.45) is 0. The Morgan fingerprint density at radius 3 is 1.54 bits per heavy atom. The van der Waals surface area contributed by atoms with Gasteiger partial charge in [0.05, 0.1) is 13.2 Å². The summed E-state index contributed by atoms with van der Waals surface area (Å²) in [6, 6.07) is 17.8. The predicted molar refractivity (Wildman–Crippen MR) is 105 cm³/mol. The molecule has 1 aliphatic rings. The van der Waals surface area contributed by atoms with Crippen LogP contribution in [0.3, 0.4) is 0 Å². The first-order valence-electron chi connectivity index (χ1n) is 9.45. The van der Waals surface area contributed by atoms with Crippen LogP contribution in [0.5, 0.6) is 0 Å². The number of aliphatic hydroxyl groups excluding tert-OH is 2. The third kappa shape index (κ3) is 4.33. The summed E-state index contributed by atoms with van der Waals surface area (Å²) in [5.41, 5.74) is 5.04. The normalized spacial score (nSPS) is 21.8. The number of benzene rings is 2. The van der Waals surface area contributed by atoms with Crippen LogP contribution in [0.4, 0.5) is 0 Å². The van der Waals surface area contributed by atoms with Crippen LogP contribution in [0.15, 0.2) is 48.5 Å². The van der Waals surface area contributed by atoms with Crippen LogP contribution in [-0.4, -0.2) is 59.4 Å². The number of nitrogens with zero attached hydrogens (tertiary/aromatic N) is 2. The van der Waals surface area contributed by atoms with E-state index in [-0.39, 0.29) is 25.3 Å². The van der Waals surface area contributed by atoms with Gasteiger partial charge < -0.3 is 10.2 Å². The molecule has 0 radical (unpaired) electrons. The molecule has 26 heavy (non-hydrogen) atoms. The first-order chi connectivity index (χ1) is 12.6. The van der Waals surface area contributed by atoms with Gasteiger partial charge in [-0.1, -0.05) is 59.7 Å². The SMILES string of the molecule is Cc1ccc(C2CN(CCO)CC(c3ccc(C)cc3)N2CCO)cc1. The van der Waals surface area contributed by atoms with Crippen LogP contribution < -0.4 is 0 Å². The molecule has 2 aromatic rings. The fraction of sp³-hybridized carbons (Fsp3) is 0.455. The number of piperazine rings is 1. The zero-order chi connectivity index (χ0) is 18.5. The molecule has 3 rings (SSSR count). The lowest BCUT2D eigenvalue weighted by Crippen LogP contribution is -2.51. The molecule has 0 bridgehead atoms. The third-order valence-corrected chi connectivity index (χ3v) is 5.36. The Morgan fingerprint density at radius 2 is 1.15 bits per heavy atom. The van der Waals surface area contributed by atoms with Gasteiger partial charge in [-0.15, -0.1) is 0 Å². The average Bonchev–Trinajstić information content (AvgIpc) is 2.64. The Hall–Kier alpha value is -1.72. The van der Waals surface area contributed by atoms with Crippen molar-refractivity contribution in [3.8, 4) is 0 Å². The summed E-state index contributed by atoms with van der Waals surface area (Å²) >= 11 is 0. The molecule has 0 aromatic heterocycles. The number of hydrogen-bond acceptors (Lipinski definition) is 4. The van der Waals surface area contributed by atoms with E-state index in [2.05, 4.69) is 72.2 Å². The van der Waals surface area contributed by atoms with E-state index in [0.717, 1.165) is 13.1 Å². The highest BCUT2D eigenvalue weighted by molar-refractivity contribution is 5.29. The molecule has 2 atom stereocenters. The Kier molecular flexibility index (Phi) is 6.43. The maximum atomic E-state index is 9.71. The third-order valence-electron chi connectivity index (χ3n) is 5.36. The van der Waals surface area contributed by atoms with E-state index in [9.17, 15) is 10.2 Å². The molecule has 2 unspecified atom stereocenters. The minimum atomic E-state index is 0.144. The van der Waals surface area contributed by atoms with E-state index in [1.165, 1.54) is 22.3 Å². The first kappa shape index (κ1) is 19.1. The van der Waals surface area contributed by atoms with Crippen molar-refractivity contribution in [2.75, 3.05) is 39.4 Å². The van der Waals surface area contributed by atoms with Crippen LogP contribution in [0, 0.1) is 13.8 Å². The van der Waals surface area contributed by atoms with Crippen LogP contribution >= 0.6 is 0 Å². The van der Waals surface area contributed by atoms with E-state index < -0.39 is 0 Å². The molecule has 1 saturated heterocycles. The monoisotopic (exact) mass is 354 g/mol. The molecule has 1 fully saturated rings. The van der Waals surface area contributed by atoms with Gasteiger partial charge in [0.2, 0.25) is 0 Å².